The molecular weight excluding hydrogens is 424 g/mol. The molecule has 7 heteroatoms. The molecule has 0 unspecified atom stereocenters. The Labute approximate surface area is 192 Å². The minimum absolute atomic E-state index is 0.344. The second-order valence-electron chi connectivity index (χ2n) is 7.37. The average molecular weight is 453 g/mol. The quantitative estimate of drug-likeness (QED) is 0.341. The van der Waals surface area contributed by atoms with Crippen molar-refractivity contribution in [2.45, 2.75) is 51.2 Å². The highest BCUT2D eigenvalue weighted by molar-refractivity contribution is 7.98. The van der Waals surface area contributed by atoms with Gasteiger partial charge in [0.2, 0.25) is 0 Å². The summed E-state index contributed by atoms with van der Waals surface area (Å²) < 4.78 is 10.5. The SMILES string of the molecule is CCc1cccc(CC)c1NC(=O)COC(=O)c1ccccc1SCc1c(C)noc1C. The van der Waals surface area contributed by atoms with Crippen molar-refractivity contribution < 1.29 is 18.8 Å². The fourth-order valence-corrected chi connectivity index (χ4v) is 4.60. The van der Waals surface area contributed by atoms with Crippen LogP contribution in [0.25, 0.3) is 0 Å². The van der Waals surface area contributed by atoms with Crippen molar-refractivity contribution in [1.29, 1.82) is 0 Å². The van der Waals surface area contributed by atoms with Gasteiger partial charge in [-0.25, -0.2) is 4.79 Å². The summed E-state index contributed by atoms with van der Waals surface area (Å²) in [5.74, 6) is 0.515. The molecule has 1 N–H and O–H groups in total. The van der Waals surface area contributed by atoms with E-state index in [0.29, 0.717) is 11.3 Å². The minimum atomic E-state index is -0.526. The van der Waals surface area contributed by atoms with Crippen LogP contribution in [0.15, 0.2) is 51.9 Å². The summed E-state index contributed by atoms with van der Waals surface area (Å²) >= 11 is 1.51. The molecule has 6 nitrogen and oxygen atoms in total. The Morgan fingerprint density at radius 3 is 2.34 bits per heavy atom. The number of para-hydroxylation sites is 1. The molecule has 0 saturated carbocycles. The first-order valence-corrected chi connectivity index (χ1v) is 11.6. The van der Waals surface area contributed by atoms with Gasteiger partial charge in [-0.2, -0.15) is 0 Å². The molecule has 0 radical (unpaired) electrons. The van der Waals surface area contributed by atoms with Gasteiger partial charge < -0.3 is 14.6 Å². The molecule has 3 aromatic rings. The van der Waals surface area contributed by atoms with Gasteiger partial charge in [0, 0.05) is 21.9 Å². The summed E-state index contributed by atoms with van der Waals surface area (Å²) in [6, 6.07) is 13.2. The first-order chi connectivity index (χ1) is 15.4. The molecule has 2 aromatic carbocycles. The number of hydrogen-bond acceptors (Lipinski definition) is 6. The number of esters is 1. The van der Waals surface area contributed by atoms with Crippen LogP contribution in [-0.4, -0.2) is 23.6 Å². The zero-order valence-electron chi connectivity index (χ0n) is 18.9. The van der Waals surface area contributed by atoms with E-state index in [1.54, 1.807) is 12.1 Å². The summed E-state index contributed by atoms with van der Waals surface area (Å²) in [7, 11) is 0. The number of benzene rings is 2. The fraction of sp³-hybridized carbons (Fsp3) is 0.320. The van der Waals surface area contributed by atoms with Crippen LogP contribution in [0.3, 0.4) is 0 Å². The normalized spacial score (nSPS) is 10.8. The Bertz CT molecular complexity index is 1070. The number of carbonyl (C=O) groups is 2. The maximum Gasteiger partial charge on any atom is 0.339 e. The predicted octanol–water partition coefficient (Wildman–Crippen LogP) is 5.50. The number of thioether (sulfide) groups is 1. The fourth-order valence-electron chi connectivity index (χ4n) is 3.41. The van der Waals surface area contributed by atoms with E-state index < -0.39 is 5.97 Å². The average Bonchev–Trinajstić information content (AvgIpc) is 3.13. The van der Waals surface area contributed by atoms with E-state index in [1.807, 2.05) is 58.0 Å². The van der Waals surface area contributed by atoms with Crippen molar-refractivity contribution in [3.63, 3.8) is 0 Å². The van der Waals surface area contributed by atoms with Crippen molar-refractivity contribution in [3.8, 4) is 0 Å². The molecule has 32 heavy (non-hydrogen) atoms. The Morgan fingerprint density at radius 1 is 1.03 bits per heavy atom. The number of nitrogens with one attached hydrogen (secondary N) is 1. The number of carbonyl (C=O) groups excluding carboxylic acids is 2. The molecule has 1 aromatic heterocycles. The molecule has 0 aliphatic heterocycles. The number of ether oxygens (including phenoxy) is 1. The van der Waals surface area contributed by atoms with Crippen LogP contribution in [0, 0.1) is 13.8 Å². The molecule has 0 aliphatic rings. The number of rotatable bonds is 9. The molecule has 1 amide bonds. The Morgan fingerprint density at radius 2 is 1.72 bits per heavy atom. The molecule has 0 aliphatic carbocycles. The molecule has 0 bridgehead atoms. The van der Waals surface area contributed by atoms with Gasteiger partial charge in [0.25, 0.3) is 5.91 Å². The van der Waals surface area contributed by atoms with E-state index in [-0.39, 0.29) is 12.5 Å². The summed E-state index contributed by atoms with van der Waals surface area (Å²) in [5, 5.41) is 6.89. The summed E-state index contributed by atoms with van der Waals surface area (Å²) in [6.45, 7) is 7.51. The first-order valence-electron chi connectivity index (χ1n) is 10.7. The van der Waals surface area contributed by atoms with Crippen molar-refractivity contribution in [2.24, 2.45) is 0 Å². The third-order valence-corrected chi connectivity index (χ3v) is 6.36. The van der Waals surface area contributed by atoms with E-state index >= 15 is 0 Å². The van der Waals surface area contributed by atoms with E-state index in [4.69, 9.17) is 9.26 Å². The lowest BCUT2D eigenvalue weighted by atomic mass is 10.0. The minimum Gasteiger partial charge on any atom is -0.452 e. The summed E-state index contributed by atoms with van der Waals surface area (Å²) in [5.41, 5.74) is 5.22. The van der Waals surface area contributed by atoms with Crippen LogP contribution < -0.4 is 5.32 Å². The van der Waals surface area contributed by atoms with Gasteiger partial charge in [0.15, 0.2) is 6.61 Å². The van der Waals surface area contributed by atoms with Crippen molar-refractivity contribution in [2.75, 3.05) is 11.9 Å². The number of aromatic nitrogens is 1. The zero-order chi connectivity index (χ0) is 23.1. The van der Waals surface area contributed by atoms with E-state index in [9.17, 15) is 9.59 Å². The highest BCUT2D eigenvalue weighted by atomic mass is 32.2. The highest BCUT2D eigenvalue weighted by Crippen LogP contribution is 2.29. The maximum atomic E-state index is 12.7. The molecule has 0 spiro atoms. The van der Waals surface area contributed by atoms with Crippen molar-refractivity contribution >= 4 is 29.3 Å². The zero-order valence-corrected chi connectivity index (χ0v) is 19.7. The monoisotopic (exact) mass is 452 g/mol. The lowest BCUT2D eigenvalue weighted by Crippen LogP contribution is -2.22. The number of nitrogens with zero attached hydrogens (tertiary/aromatic N) is 1. The number of aryl methyl sites for hydroxylation is 4. The Kier molecular flexibility index (Phi) is 8.11. The number of hydrogen-bond donors (Lipinski definition) is 1. The summed E-state index contributed by atoms with van der Waals surface area (Å²) in [4.78, 5) is 26.0. The van der Waals surface area contributed by atoms with Crippen LogP contribution in [-0.2, 0) is 28.1 Å². The molecule has 3 rings (SSSR count). The third-order valence-electron chi connectivity index (χ3n) is 5.26. The van der Waals surface area contributed by atoms with Crippen molar-refractivity contribution in [1.82, 2.24) is 5.16 Å². The molecule has 0 saturated heterocycles. The van der Waals surface area contributed by atoms with Gasteiger partial charge in [0.1, 0.15) is 5.76 Å². The van der Waals surface area contributed by atoms with Gasteiger partial charge in [-0.1, -0.05) is 49.3 Å². The van der Waals surface area contributed by atoms with Crippen molar-refractivity contribution in [3.05, 3.63) is 76.2 Å². The van der Waals surface area contributed by atoms with Gasteiger partial charge >= 0.3 is 5.97 Å². The topological polar surface area (TPSA) is 81.4 Å². The molecular formula is C25H28N2O4S. The third kappa shape index (κ3) is 5.59. The van der Waals surface area contributed by atoms with E-state index in [2.05, 4.69) is 10.5 Å². The number of anilines is 1. The molecule has 0 atom stereocenters. The van der Waals surface area contributed by atoms with Crippen LogP contribution in [0.2, 0.25) is 0 Å². The Hall–Kier alpha value is -3.06. The van der Waals surface area contributed by atoms with Gasteiger partial charge in [-0.15, -0.1) is 11.8 Å². The highest BCUT2D eigenvalue weighted by Gasteiger charge is 2.17. The first kappa shape index (κ1) is 23.6. The smallest absolute Gasteiger partial charge is 0.339 e. The standard InChI is InChI=1S/C25H28N2O4S/c1-5-18-10-9-11-19(6-2)24(18)26-23(28)14-30-25(29)20-12-7-8-13-22(20)32-15-21-16(3)27-31-17(21)4/h7-13H,5-6,14-15H2,1-4H3,(H,26,28). The van der Waals surface area contributed by atoms with E-state index in [1.165, 1.54) is 11.8 Å². The lowest BCUT2D eigenvalue weighted by Gasteiger charge is -2.15. The largest absolute Gasteiger partial charge is 0.452 e. The van der Waals surface area contributed by atoms with Gasteiger partial charge in [-0.05, 0) is 49.9 Å². The molecule has 168 valence electrons. The van der Waals surface area contributed by atoms with Crippen LogP contribution in [0.4, 0.5) is 5.69 Å². The molecule has 0 fully saturated rings. The van der Waals surface area contributed by atoms with E-state index in [0.717, 1.165) is 51.6 Å². The lowest BCUT2D eigenvalue weighted by molar-refractivity contribution is -0.119. The van der Waals surface area contributed by atoms with Crippen LogP contribution >= 0.6 is 11.8 Å². The van der Waals surface area contributed by atoms with Crippen LogP contribution in [0.1, 0.15) is 52.3 Å². The Balaban J connectivity index is 1.64. The summed E-state index contributed by atoms with van der Waals surface area (Å²) in [6.07, 6.45) is 1.61. The second-order valence-corrected chi connectivity index (χ2v) is 8.39. The number of amides is 1. The predicted molar refractivity (Wildman–Crippen MR) is 126 cm³/mol. The van der Waals surface area contributed by atoms with Gasteiger partial charge in [0.05, 0.1) is 11.3 Å². The second kappa shape index (κ2) is 11.0. The maximum absolute atomic E-state index is 12.7. The van der Waals surface area contributed by atoms with Gasteiger partial charge in [-0.3, -0.25) is 4.79 Å². The molecule has 1 heterocycles. The van der Waals surface area contributed by atoms with Crippen LogP contribution in [0.5, 0.6) is 0 Å².